The van der Waals surface area contributed by atoms with Crippen LogP contribution in [0.25, 0.3) is 5.57 Å². The Hall–Kier alpha value is -3.35. The highest BCUT2D eigenvalue weighted by molar-refractivity contribution is 6.31. The van der Waals surface area contributed by atoms with Crippen LogP contribution in [-0.2, 0) is 9.59 Å². The number of anilines is 3. The molecule has 1 unspecified atom stereocenters. The van der Waals surface area contributed by atoms with Crippen LogP contribution < -0.4 is 15.5 Å². The number of hydrogen-bond donors (Lipinski definition) is 2. The first-order chi connectivity index (χ1) is 13.9. The average Bonchev–Trinajstić information content (AvgIpc) is 3.30. The summed E-state index contributed by atoms with van der Waals surface area (Å²) in [7, 11) is 1.85. The molecule has 0 aliphatic carbocycles. The Kier molecular flexibility index (Phi) is 4.96. The van der Waals surface area contributed by atoms with Crippen LogP contribution in [0, 0.1) is 5.82 Å². The first-order valence-electron chi connectivity index (χ1n) is 9.59. The SMILES string of the molecule is CC(=O)N(C)C1CCN(c2ccc(NC=C3C(=O)Nc4ccc(F)cc43)cc2)C1. The van der Waals surface area contributed by atoms with Crippen molar-refractivity contribution >= 4 is 34.4 Å². The molecule has 6 nitrogen and oxygen atoms in total. The number of hydrogen-bond acceptors (Lipinski definition) is 4. The summed E-state index contributed by atoms with van der Waals surface area (Å²) in [4.78, 5) is 27.8. The molecular formula is C22H23FN4O2. The number of rotatable bonds is 4. The highest BCUT2D eigenvalue weighted by Gasteiger charge is 2.27. The number of carbonyl (C=O) groups excluding carboxylic acids is 2. The zero-order valence-corrected chi connectivity index (χ0v) is 16.4. The number of benzene rings is 2. The highest BCUT2D eigenvalue weighted by atomic mass is 19.1. The van der Waals surface area contributed by atoms with Crippen molar-refractivity contribution in [3.8, 4) is 0 Å². The molecule has 2 amide bonds. The lowest BCUT2D eigenvalue weighted by molar-refractivity contribution is -0.129. The van der Waals surface area contributed by atoms with Crippen LogP contribution in [0.4, 0.5) is 21.5 Å². The Morgan fingerprint density at radius 2 is 2.03 bits per heavy atom. The topological polar surface area (TPSA) is 64.7 Å². The van der Waals surface area contributed by atoms with Crippen LogP contribution in [-0.4, -0.2) is 42.9 Å². The number of halogens is 1. The van der Waals surface area contributed by atoms with E-state index in [0.29, 0.717) is 16.8 Å². The van der Waals surface area contributed by atoms with Crippen LogP contribution in [0.3, 0.4) is 0 Å². The van der Waals surface area contributed by atoms with E-state index < -0.39 is 0 Å². The molecule has 2 heterocycles. The van der Waals surface area contributed by atoms with Gasteiger partial charge in [0.25, 0.3) is 5.91 Å². The fraction of sp³-hybridized carbons (Fsp3) is 0.273. The molecule has 2 aromatic carbocycles. The van der Waals surface area contributed by atoms with Gasteiger partial charge in [0, 0.05) is 55.9 Å². The predicted molar refractivity (Wildman–Crippen MR) is 112 cm³/mol. The van der Waals surface area contributed by atoms with E-state index in [0.717, 1.165) is 30.9 Å². The fourth-order valence-corrected chi connectivity index (χ4v) is 3.78. The molecule has 2 aliphatic rings. The molecule has 1 atom stereocenters. The fourth-order valence-electron chi connectivity index (χ4n) is 3.78. The van der Waals surface area contributed by atoms with Crippen LogP contribution in [0.5, 0.6) is 0 Å². The molecule has 2 aromatic rings. The van der Waals surface area contributed by atoms with Gasteiger partial charge >= 0.3 is 0 Å². The maximum absolute atomic E-state index is 13.5. The van der Waals surface area contributed by atoms with Crippen molar-refractivity contribution in [1.82, 2.24) is 4.90 Å². The second kappa shape index (κ2) is 7.58. The number of nitrogens with one attached hydrogen (secondary N) is 2. The normalized spacial score (nSPS) is 19.3. The van der Waals surface area contributed by atoms with Gasteiger partial charge in [0.2, 0.25) is 5.91 Å². The quantitative estimate of drug-likeness (QED) is 0.781. The smallest absolute Gasteiger partial charge is 0.257 e. The molecule has 150 valence electrons. The van der Waals surface area contributed by atoms with E-state index in [1.165, 1.54) is 12.1 Å². The highest BCUT2D eigenvalue weighted by Crippen LogP contribution is 2.32. The van der Waals surface area contributed by atoms with E-state index in [9.17, 15) is 14.0 Å². The lowest BCUT2D eigenvalue weighted by Gasteiger charge is -2.24. The first-order valence-corrected chi connectivity index (χ1v) is 9.59. The van der Waals surface area contributed by atoms with Gasteiger partial charge in [-0.05, 0) is 48.9 Å². The van der Waals surface area contributed by atoms with Gasteiger partial charge in [-0.25, -0.2) is 4.39 Å². The third kappa shape index (κ3) is 3.81. The van der Waals surface area contributed by atoms with Gasteiger partial charge in [-0.1, -0.05) is 0 Å². The third-order valence-electron chi connectivity index (χ3n) is 5.59. The molecule has 0 saturated carbocycles. The van der Waals surface area contributed by atoms with E-state index in [1.54, 1.807) is 24.1 Å². The minimum Gasteiger partial charge on any atom is -0.369 e. The van der Waals surface area contributed by atoms with E-state index in [2.05, 4.69) is 15.5 Å². The van der Waals surface area contributed by atoms with Crippen LogP contribution in [0.1, 0.15) is 18.9 Å². The summed E-state index contributed by atoms with van der Waals surface area (Å²) in [6, 6.07) is 12.4. The summed E-state index contributed by atoms with van der Waals surface area (Å²) in [5, 5.41) is 5.85. The summed E-state index contributed by atoms with van der Waals surface area (Å²) >= 11 is 0. The van der Waals surface area contributed by atoms with Gasteiger partial charge in [-0.3, -0.25) is 9.59 Å². The monoisotopic (exact) mass is 394 g/mol. The molecule has 0 spiro atoms. The number of nitrogens with zero attached hydrogens (tertiary/aromatic N) is 2. The Bertz CT molecular complexity index is 987. The predicted octanol–water partition coefficient (Wildman–Crippen LogP) is 3.29. The maximum Gasteiger partial charge on any atom is 0.257 e. The number of amides is 2. The minimum atomic E-state index is -0.380. The zero-order chi connectivity index (χ0) is 20.5. The van der Waals surface area contributed by atoms with Crippen molar-refractivity contribution in [1.29, 1.82) is 0 Å². The summed E-state index contributed by atoms with van der Waals surface area (Å²) < 4.78 is 13.5. The molecule has 4 rings (SSSR count). The third-order valence-corrected chi connectivity index (χ3v) is 5.59. The average molecular weight is 394 g/mol. The largest absolute Gasteiger partial charge is 0.369 e. The van der Waals surface area contributed by atoms with Gasteiger partial charge < -0.3 is 20.4 Å². The molecule has 2 N–H and O–H groups in total. The van der Waals surface area contributed by atoms with Gasteiger partial charge in [0.1, 0.15) is 5.82 Å². The number of fused-ring (bicyclic) bond motifs is 1. The first kappa shape index (κ1) is 19.0. The van der Waals surface area contributed by atoms with E-state index in [1.807, 2.05) is 31.3 Å². The summed E-state index contributed by atoms with van der Waals surface area (Å²) in [6.07, 6.45) is 2.55. The van der Waals surface area contributed by atoms with Gasteiger partial charge in [-0.15, -0.1) is 0 Å². The van der Waals surface area contributed by atoms with Crippen molar-refractivity contribution in [2.75, 3.05) is 35.7 Å². The van der Waals surface area contributed by atoms with E-state index in [-0.39, 0.29) is 23.7 Å². The lowest BCUT2D eigenvalue weighted by atomic mass is 10.1. The van der Waals surface area contributed by atoms with E-state index >= 15 is 0 Å². The van der Waals surface area contributed by atoms with Crippen molar-refractivity contribution < 1.29 is 14.0 Å². The number of carbonyl (C=O) groups is 2. The van der Waals surface area contributed by atoms with Crippen LogP contribution in [0.15, 0.2) is 48.7 Å². The Morgan fingerprint density at radius 1 is 1.28 bits per heavy atom. The lowest BCUT2D eigenvalue weighted by Crippen LogP contribution is -2.37. The molecule has 2 aliphatic heterocycles. The van der Waals surface area contributed by atoms with Crippen LogP contribution in [0.2, 0.25) is 0 Å². The molecular weight excluding hydrogens is 371 g/mol. The Labute approximate surface area is 169 Å². The standard InChI is InChI=1S/C22H23FN4O2/c1-14(28)26(2)18-9-10-27(13-18)17-6-4-16(5-7-17)24-12-20-19-11-15(23)3-8-21(19)25-22(20)29/h3-8,11-12,18,24H,9-10,13H2,1-2H3,(H,25,29). The molecule has 1 saturated heterocycles. The van der Waals surface area contributed by atoms with Crippen molar-refractivity contribution in [3.05, 3.63) is 60.0 Å². The van der Waals surface area contributed by atoms with Crippen LogP contribution >= 0.6 is 0 Å². The zero-order valence-electron chi connectivity index (χ0n) is 16.4. The van der Waals surface area contributed by atoms with Crippen molar-refractivity contribution in [2.24, 2.45) is 0 Å². The molecule has 29 heavy (non-hydrogen) atoms. The minimum absolute atomic E-state index is 0.0850. The van der Waals surface area contributed by atoms with Crippen molar-refractivity contribution in [3.63, 3.8) is 0 Å². The summed E-state index contributed by atoms with van der Waals surface area (Å²) in [5.41, 5.74) is 3.48. The Morgan fingerprint density at radius 3 is 2.76 bits per heavy atom. The summed E-state index contributed by atoms with van der Waals surface area (Å²) in [5.74, 6) is -0.552. The van der Waals surface area contributed by atoms with Gasteiger partial charge in [0.05, 0.1) is 11.6 Å². The molecule has 0 bridgehead atoms. The van der Waals surface area contributed by atoms with E-state index in [4.69, 9.17) is 0 Å². The maximum atomic E-state index is 13.5. The summed E-state index contributed by atoms with van der Waals surface area (Å²) in [6.45, 7) is 3.31. The number of likely N-dealkylation sites (N-methyl/N-ethyl adjacent to an activating group) is 1. The molecule has 1 fully saturated rings. The molecule has 0 aromatic heterocycles. The second-order valence-electron chi connectivity index (χ2n) is 7.41. The van der Waals surface area contributed by atoms with Gasteiger partial charge in [-0.2, -0.15) is 0 Å². The van der Waals surface area contributed by atoms with Gasteiger partial charge in [0.15, 0.2) is 0 Å². The molecule has 7 heteroatoms. The molecule has 0 radical (unpaired) electrons. The van der Waals surface area contributed by atoms with Crippen molar-refractivity contribution in [2.45, 2.75) is 19.4 Å². The second-order valence-corrected chi connectivity index (χ2v) is 7.41. The Balaban J connectivity index is 1.44.